The topological polar surface area (TPSA) is 111 Å². The number of piperidine rings is 2. The summed E-state index contributed by atoms with van der Waals surface area (Å²) in [4.78, 5) is 47.7. The number of rotatable bonds is 7. The Morgan fingerprint density at radius 3 is 2.51 bits per heavy atom. The zero-order chi connectivity index (χ0) is 29.0. The molecule has 5 rings (SSSR count). The Labute approximate surface area is 242 Å². The molecule has 2 aromatic carbocycles. The van der Waals surface area contributed by atoms with Crippen LogP contribution in [0.15, 0.2) is 48.5 Å². The van der Waals surface area contributed by atoms with E-state index in [1.807, 2.05) is 41.3 Å². The van der Waals surface area contributed by atoms with Gasteiger partial charge in [0, 0.05) is 62.5 Å². The van der Waals surface area contributed by atoms with Gasteiger partial charge in [0.25, 0.3) is 0 Å². The summed E-state index contributed by atoms with van der Waals surface area (Å²) in [5, 5.41) is 3.09. The van der Waals surface area contributed by atoms with Crippen molar-refractivity contribution in [3.05, 3.63) is 59.7 Å². The number of urea groups is 1. The zero-order valence-electron chi connectivity index (χ0n) is 24.1. The standard InChI is InChI=1S/C31H42N6O4/c1-34(2)26-12-16-35(17-13-26)31(15-20-38)21-27(36-18-11-24-5-3-4-6-28(24)33-29(36)39)14-19-37(31)30(40)41-22-23-7-9-25(32)10-8-23/h3-10,20,26-27H,11-19,21-22,32H2,1-2H3,(H,33,39)/t27-,31+/m1/s1. The van der Waals surface area contributed by atoms with Crippen molar-refractivity contribution in [1.82, 2.24) is 19.6 Å². The van der Waals surface area contributed by atoms with Crippen LogP contribution in [0.1, 0.15) is 43.2 Å². The quantitative estimate of drug-likeness (QED) is 0.390. The van der Waals surface area contributed by atoms with Gasteiger partial charge in [-0.2, -0.15) is 0 Å². The highest BCUT2D eigenvalue weighted by Crippen LogP contribution is 2.39. The molecule has 2 saturated heterocycles. The van der Waals surface area contributed by atoms with E-state index in [0.29, 0.717) is 37.7 Å². The first kappa shape index (κ1) is 28.9. The van der Waals surface area contributed by atoms with Crippen LogP contribution in [-0.4, -0.2) is 96.0 Å². The Morgan fingerprint density at radius 1 is 1.07 bits per heavy atom. The molecule has 10 heteroatoms. The van der Waals surface area contributed by atoms with Crippen molar-refractivity contribution < 1.29 is 19.1 Å². The molecule has 3 amide bonds. The van der Waals surface area contributed by atoms with E-state index in [0.717, 1.165) is 55.5 Å². The fraction of sp³-hybridized carbons (Fsp3) is 0.516. The summed E-state index contributed by atoms with van der Waals surface area (Å²) in [5.74, 6) is 0. The normalized spacial score (nSPS) is 24.0. The number of nitrogen functional groups attached to an aromatic ring is 1. The third-order valence-corrected chi connectivity index (χ3v) is 9.09. The number of hydrogen-bond donors (Lipinski definition) is 2. The second-order valence-electron chi connectivity index (χ2n) is 11.7. The number of carbonyl (C=O) groups excluding carboxylic acids is 3. The van der Waals surface area contributed by atoms with E-state index in [1.165, 1.54) is 0 Å². The SMILES string of the molecule is CN(C)C1CCN([C@]2(CC=O)C[C@H](N3CCc4ccccc4NC3=O)CCN2C(=O)OCc2ccc(N)cc2)CC1. The third-order valence-electron chi connectivity index (χ3n) is 9.09. The number of anilines is 2. The summed E-state index contributed by atoms with van der Waals surface area (Å²) in [6.07, 6.45) is 4.34. The molecule has 10 nitrogen and oxygen atoms in total. The summed E-state index contributed by atoms with van der Waals surface area (Å²) in [7, 11) is 4.18. The summed E-state index contributed by atoms with van der Waals surface area (Å²) in [5.41, 5.74) is 8.37. The van der Waals surface area contributed by atoms with Gasteiger partial charge in [0.15, 0.2) is 0 Å². The number of ether oxygens (including phenoxy) is 1. The second-order valence-corrected chi connectivity index (χ2v) is 11.7. The molecule has 0 bridgehead atoms. The number of para-hydroxylation sites is 1. The summed E-state index contributed by atoms with van der Waals surface area (Å²) in [6, 6.07) is 15.3. The van der Waals surface area contributed by atoms with Crippen LogP contribution in [0.2, 0.25) is 0 Å². The lowest BCUT2D eigenvalue weighted by atomic mass is 9.84. The van der Waals surface area contributed by atoms with Crippen molar-refractivity contribution in [2.24, 2.45) is 0 Å². The first-order chi connectivity index (χ1) is 19.8. The number of fused-ring (bicyclic) bond motifs is 1. The van der Waals surface area contributed by atoms with Crippen molar-refractivity contribution in [1.29, 1.82) is 0 Å². The van der Waals surface area contributed by atoms with Crippen LogP contribution < -0.4 is 11.1 Å². The fourth-order valence-electron chi connectivity index (χ4n) is 6.73. The third kappa shape index (κ3) is 6.18. The highest BCUT2D eigenvalue weighted by atomic mass is 16.6. The van der Waals surface area contributed by atoms with E-state index in [4.69, 9.17) is 10.5 Å². The number of nitrogens with zero attached hydrogens (tertiary/aromatic N) is 4. The minimum atomic E-state index is -0.875. The van der Waals surface area contributed by atoms with Crippen LogP contribution in [0.5, 0.6) is 0 Å². The molecule has 2 atom stereocenters. The van der Waals surface area contributed by atoms with E-state index >= 15 is 0 Å². The highest BCUT2D eigenvalue weighted by Gasteiger charge is 2.51. The van der Waals surface area contributed by atoms with Crippen molar-refractivity contribution in [2.75, 3.05) is 51.3 Å². The molecule has 0 spiro atoms. The first-order valence-corrected chi connectivity index (χ1v) is 14.6. The molecule has 0 unspecified atom stereocenters. The van der Waals surface area contributed by atoms with Gasteiger partial charge in [-0.05, 0) is 69.1 Å². The van der Waals surface area contributed by atoms with Gasteiger partial charge < -0.3 is 30.4 Å². The Hall–Kier alpha value is -3.63. The van der Waals surface area contributed by atoms with Gasteiger partial charge in [0.2, 0.25) is 0 Å². The molecule has 0 radical (unpaired) electrons. The lowest BCUT2D eigenvalue weighted by Crippen LogP contribution is -2.69. The Morgan fingerprint density at radius 2 is 1.80 bits per heavy atom. The van der Waals surface area contributed by atoms with E-state index in [9.17, 15) is 14.4 Å². The summed E-state index contributed by atoms with van der Waals surface area (Å²) in [6.45, 7) is 2.59. The van der Waals surface area contributed by atoms with E-state index in [2.05, 4.69) is 29.2 Å². The molecular weight excluding hydrogens is 520 g/mol. The molecule has 3 N–H and O–H groups in total. The summed E-state index contributed by atoms with van der Waals surface area (Å²) >= 11 is 0. The van der Waals surface area contributed by atoms with Crippen LogP contribution >= 0.6 is 0 Å². The monoisotopic (exact) mass is 562 g/mol. The highest BCUT2D eigenvalue weighted by molar-refractivity contribution is 5.91. The largest absolute Gasteiger partial charge is 0.445 e. The number of nitrogens with two attached hydrogens (primary N) is 1. The van der Waals surface area contributed by atoms with Gasteiger partial charge in [-0.15, -0.1) is 0 Å². The van der Waals surface area contributed by atoms with Crippen molar-refractivity contribution >= 4 is 29.8 Å². The molecule has 3 aliphatic heterocycles. The average Bonchev–Trinajstić information content (AvgIpc) is 3.15. The maximum absolute atomic E-state index is 13.7. The zero-order valence-corrected chi connectivity index (χ0v) is 24.1. The van der Waals surface area contributed by atoms with E-state index in [-0.39, 0.29) is 25.1 Å². The maximum atomic E-state index is 13.7. The average molecular weight is 563 g/mol. The number of amides is 3. The number of nitrogens with one attached hydrogen (secondary N) is 1. The molecule has 41 heavy (non-hydrogen) atoms. The summed E-state index contributed by atoms with van der Waals surface area (Å²) < 4.78 is 5.83. The maximum Gasteiger partial charge on any atom is 0.411 e. The van der Waals surface area contributed by atoms with Gasteiger partial charge in [0.1, 0.15) is 18.6 Å². The molecule has 0 saturated carbocycles. The van der Waals surface area contributed by atoms with Gasteiger partial charge >= 0.3 is 12.1 Å². The van der Waals surface area contributed by atoms with Gasteiger partial charge in [0.05, 0.1) is 0 Å². The number of aldehydes is 1. The minimum Gasteiger partial charge on any atom is -0.445 e. The molecule has 3 heterocycles. The Kier molecular flexibility index (Phi) is 8.79. The van der Waals surface area contributed by atoms with Gasteiger partial charge in [-0.3, -0.25) is 9.80 Å². The minimum absolute atomic E-state index is 0.117. The molecule has 2 fully saturated rings. The number of likely N-dealkylation sites (tertiary alicyclic amines) is 2. The number of benzene rings is 2. The van der Waals surface area contributed by atoms with E-state index in [1.54, 1.807) is 17.0 Å². The molecule has 0 aromatic heterocycles. The van der Waals surface area contributed by atoms with Crippen molar-refractivity contribution in [2.45, 2.75) is 62.9 Å². The van der Waals surface area contributed by atoms with Crippen LogP contribution in [-0.2, 0) is 22.6 Å². The lowest BCUT2D eigenvalue weighted by Gasteiger charge is -2.56. The molecule has 0 aliphatic carbocycles. The van der Waals surface area contributed by atoms with Crippen molar-refractivity contribution in [3.63, 3.8) is 0 Å². The van der Waals surface area contributed by atoms with Crippen LogP contribution in [0.4, 0.5) is 21.0 Å². The fourth-order valence-corrected chi connectivity index (χ4v) is 6.73. The Bertz CT molecular complexity index is 1230. The second kappa shape index (κ2) is 12.5. The molecule has 220 valence electrons. The number of carbonyl (C=O) groups is 3. The van der Waals surface area contributed by atoms with Crippen LogP contribution in [0.25, 0.3) is 0 Å². The predicted octanol–water partition coefficient (Wildman–Crippen LogP) is 3.77. The van der Waals surface area contributed by atoms with E-state index < -0.39 is 11.8 Å². The van der Waals surface area contributed by atoms with Crippen LogP contribution in [0.3, 0.4) is 0 Å². The van der Waals surface area contributed by atoms with Crippen molar-refractivity contribution in [3.8, 4) is 0 Å². The first-order valence-electron chi connectivity index (χ1n) is 14.6. The predicted molar refractivity (Wildman–Crippen MR) is 158 cm³/mol. The smallest absolute Gasteiger partial charge is 0.411 e. The van der Waals surface area contributed by atoms with Gasteiger partial charge in [-0.25, -0.2) is 9.59 Å². The number of hydrogen-bond acceptors (Lipinski definition) is 7. The molecular formula is C31H42N6O4. The Balaban J connectivity index is 1.40. The van der Waals surface area contributed by atoms with Gasteiger partial charge in [-0.1, -0.05) is 30.3 Å². The van der Waals surface area contributed by atoms with Crippen LogP contribution in [0, 0.1) is 0 Å². The molecule has 3 aliphatic rings. The molecule has 2 aromatic rings. The lowest BCUT2D eigenvalue weighted by molar-refractivity contribution is -0.128.